The summed E-state index contributed by atoms with van der Waals surface area (Å²) in [5.41, 5.74) is 0. The fourth-order valence-electron chi connectivity index (χ4n) is 4.83. The van der Waals surface area contributed by atoms with Gasteiger partial charge in [0, 0.05) is 6.42 Å². The SMILES string of the molecule is CCC(=O)N[C@@H](C(=O)N[C@H](C(=O)N[C@@H](CC(C)C)[C@H](O)CC(=O)N[C@@H](C)C(=O)N[C@@H](CC(C)C)[C@H](O)CC(=O)O)C(C)C)C(C)C. The summed E-state index contributed by atoms with van der Waals surface area (Å²) >= 11 is 0. The van der Waals surface area contributed by atoms with Crippen LogP contribution in [0.4, 0.5) is 0 Å². The number of aliphatic carboxylic acids is 1. The van der Waals surface area contributed by atoms with E-state index in [0.717, 1.165) is 0 Å². The van der Waals surface area contributed by atoms with Crippen LogP contribution in [0.3, 0.4) is 0 Å². The minimum Gasteiger partial charge on any atom is -0.481 e. The van der Waals surface area contributed by atoms with Gasteiger partial charge in [0.25, 0.3) is 0 Å². The topological polar surface area (TPSA) is 223 Å². The van der Waals surface area contributed by atoms with Crippen molar-refractivity contribution in [1.82, 2.24) is 26.6 Å². The minimum absolute atomic E-state index is 0.0181. The van der Waals surface area contributed by atoms with Gasteiger partial charge < -0.3 is 41.9 Å². The van der Waals surface area contributed by atoms with Crippen molar-refractivity contribution in [2.75, 3.05) is 0 Å². The summed E-state index contributed by atoms with van der Waals surface area (Å²) in [4.78, 5) is 75.2. The van der Waals surface area contributed by atoms with E-state index in [1.54, 1.807) is 34.6 Å². The van der Waals surface area contributed by atoms with Crippen LogP contribution in [0.25, 0.3) is 0 Å². The second-order valence-electron chi connectivity index (χ2n) is 13.6. The van der Waals surface area contributed by atoms with Crippen LogP contribution in [0.5, 0.6) is 0 Å². The normalized spacial score (nSPS) is 16.2. The summed E-state index contributed by atoms with van der Waals surface area (Å²) in [7, 11) is 0. The molecule has 5 amide bonds. The number of carbonyl (C=O) groups is 6. The molecule has 0 saturated carbocycles. The van der Waals surface area contributed by atoms with Crippen molar-refractivity contribution < 1.29 is 44.1 Å². The van der Waals surface area contributed by atoms with Crippen molar-refractivity contribution in [2.45, 2.75) is 144 Å². The highest BCUT2D eigenvalue weighted by atomic mass is 16.4. The number of carbonyl (C=O) groups excluding carboxylic acids is 5. The molecule has 0 rings (SSSR count). The monoisotopic (exact) mass is 657 g/mol. The quantitative estimate of drug-likeness (QED) is 0.0874. The molecule has 14 heteroatoms. The third-order valence-electron chi connectivity index (χ3n) is 7.42. The van der Waals surface area contributed by atoms with Gasteiger partial charge in [-0.05, 0) is 43.4 Å². The average Bonchev–Trinajstić information content (AvgIpc) is 2.91. The zero-order valence-corrected chi connectivity index (χ0v) is 29.2. The van der Waals surface area contributed by atoms with Gasteiger partial charge in [0.1, 0.15) is 18.1 Å². The van der Waals surface area contributed by atoms with Crippen molar-refractivity contribution in [3.8, 4) is 0 Å². The predicted octanol–water partition coefficient (Wildman–Crippen LogP) is 0.831. The molecule has 0 unspecified atom stereocenters. The Bertz CT molecular complexity index is 1020. The molecule has 8 N–H and O–H groups in total. The molecule has 0 saturated heterocycles. The highest BCUT2D eigenvalue weighted by Crippen LogP contribution is 2.15. The molecular weight excluding hydrogens is 598 g/mol. The van der Waals surface area contributed by atoms with E-state index in [2.05, 4.69) is 26.6 Å². The Morgan fingerprint density at radius 2 is 0.957 bits per heavy atom. The molecule has 0 aromatic rings. The number of nitrogens with one attached hydrogen (secondary N) is 5. The summed E-state index contributed by atoms with van der Waals surface area (Å²) in [5.74, 6) is -4.38. The van der Waals surface area contributed by atoms with Crippen LogP contribution in [0, 0.1) is 23.7 Å². The predicted molar refractivity (Wildman–Crippen MR) is 173 cm³/mol. The average molecular weight is 658 g/mol. The molecule has 0 radical (unpaired) electrons. The van der Waals surface area contributed by atoms with Crippen molar-refractivity contribution in [2.24, 2.45) is 23.7 Å². The Morgan fingerprint density at radius 1 is 0.543 bits per heavy atom. The molecule has 0 fully saturated rings. The van der Waals surface area contributed by atoms with Gasteiger partial charge in [-0.15, -0.1) is 0 Å². The fraction of sp³-hybridized carbons (Fsp3) is 0.812. The van der Waals surface area contributed by atoms with Crippen molar-refractivity contribution >= 4 is 35.5 Å². The maximum atomic E-state index is 13.4. The van der Waals surface area contributed by atoms with E-state index in [0.29, 0.717) is 12.8 Å². The number of carboxylic acids is 1. The first-order chi connectivity index (χ1) is 21.2. The van der Waals surface area contributed by atoms with Crippen LogP contribution in [0.1, 0.15) is 101 Å². The lowest BCUT2D eigenvalue weighted by molar-refractivity contribution is -0.140. The molecule has 266 valence electrons. The van der Waals surface area contributed by atoms with E-state index in [-0.39, 0.29) is 36.0 Å². The molecule has 0 bridgehead atoms. The Balaban J connectivity index is 5.57. The second-order valence-corrected chi connectivity index (χ2v) is 13.6. The molecule has 0 spiro atoms. The number of rotatable bonds is 21. The van der Waals surface area contributed by atoms with Crippen LogP contribution in [0.15, 0.2) is 0 Å². The molecule has 0 aliphatic carbocycles. The van der Waals surface area contributed by atoms with Crippen molar-refractivity contribution in [3.05, 3.63) is 0 Å². The molecule has 0 aromatic carbocycles. The zero-order chi connectivity index (χ0) is 35.9. The van der Waals surface area contributed by atoms with Crippen LogP contribution < -0.4 is 26.6 Å². The Labute approximate surface area is 273 Å². The lowest BCUT2D eigenvalue weighted by Gasteiger charge is -2.31. The molecule has 0 aromatic heterocycles. The summed E-state index contributed by atoms with van der Waals surface area (Å²) in [5, 5.41) is 43.6. The van der Waals surface area contributed by atoms with Gasteiger partial charge in [0.2, 0.25) is 29.5 Å². The van der Waals surface area contributed by atoms with Crippen LogP contribution in [-0.2, 0) is 28.8 Å². The first-order valence-electron chi connectivity index (χ1n) is 16.3. The van der Waals surface area contributed by atoms with Gasteiger partial charge in [-0.25, -0.2) is 0 Å². The smallest absolute Gasteiger partial charge is 0.306 e. The van der Waals surface area contributed by atoms with E-state index < -0.39 is 84.9 Å². The summed E-state index contributed by atoms with van der Waals surface area (Å²) in [6.07, 6.45) is -2.81. The molecule has 0 heterocycles. The fourth-order valence-corrected chi connectivity index (χ4v) is 4.83. The number of carboxylic acid groups (broad SMARTS) is 1. The van der Waals surface area contributed by atoms with E-state index >= 15 is 0 Å². The maximum Gasteiger partial charge on any atom is 0.306 e. The highest BCUT2D eigenvalue weighted by molar-refractivity contribution is 5.92. The minimum atomic E-state index is -1.33. The third kappa shape index (κ3) is 16.3. The van der Waals surface area contributed by atoms with Crippen LogP contribution in [0.2, 0.25) is 0 Å². The second kappa shape index (κ2) is 20.8. The number of aliphatic hydroxyl groups is 2. The largest absolute Gasteiger partial charge is 0.481 e. The van der Waals surface area contributed by atoms with Gasteiger partial charge in [-0.3, -0.25) is 28.8 Å². The zero-order valence-electron chi connectivity index (χ0n) is 29.2. The molecule has 0 aliphatic rings. The van der Waals surface area contributed by atoms with Gasteiger partial charge >= 0.3 is 5.97 Å². The van der Waals surface area contributed by atoms with Crippen molar-refractivity contribution in [1.29, 1.82) is 0 Å². The van der Waals surface area contributed by atoms with E-state index in [4.69, 9.17) is 5.11 Å². The Kier molecular flexibility index (Phi) is 19.3. The maximum absolute atomic E-state index is 13.4. The van der Waals surface area contributed by atoms with Crippen LogP contribution in [-0.4, -0.2) is 93.2 Å². The first-order valence-corrected chi connectivity index (χ1v) is 16.3. The van der Waals surface area contributed by atoms with E-state index in [1.807, 2.05) is 27.7 Å². The van der Waals surface area contributed by atoms with Gasteiger partial charge in [0.05, 0.1) is 37.1 Å². The summed E-state index contributed by atoms with van der Waals surface area (Å²) in [6, 6.07) is -4.59. The van der Waals surface area contributed by atoms with Gasteiger partial charge in [-0.2, -0.15) is 0 Å². The standard InChI is InChI=1S/C32H59N5O9/c1-11-25(40)36-28(18(6)7)32(46)37-29(19(8)9)31(45)35-21(12-16(2)3)23(38)14-26(41)33-20(10)30(44)34-22(13-17(4)5)24(39)15-27(42)43/h16-24,28-29,38-39H,11-15H2,1-10H3,(H,33,41)(H,34,44)(H,35,45)(H,36,40)(H,37,46)(H,42,43)/t20-,21-,22-,23+,24+,28+,29-/m0/s1. The number of hydrogen-bond acceptors (Lipinski definition) is 8. The summed E-state index contributed by atoms with van der Waals surface area (Å²) in [6.45, 7) is 17.6. The molecule has 7 atom stereocenters. The molecular formula is C32H59N5O9. The van der Waals surface area contributed by atoms with Gasteiger partial charge in [0.15, 0.2) is 0 Å². The van der Waals surface area contributed by atoms with E-state index in [9.17, 15) is 39.0 Å². The van der Waals surface area contributed by atoms with Crippen LogP contribution >= 0.6 is 0 Å². The lowest BCUT2D eigenvalue weighted by atomic mass is 9.95. The molecule has 14 nitrogen and oxygen atoms in total. The first kappa shape index (κ1) is 42.7. The number of aliphatic hydroxyl groups excluding tert-OH is 2. The van der Waals surface area contributed by atoms with Crippen molar-refractivity contribution in [3.63, 3.8) is 0 Å². The summed E-state index contributed by atoms with van der Waals surface area (Å²) < 4.78 is 0. The molecule has 0 aliphatic heterocycles. The van der Waals surface area contributed by atoms with E-state index in [1.165, 1.54) is 6.92 Å². The lowest BCUT2D eigenvalue weighted by Crippen LogP contribution is -2.59. The van der Waals surface area contributed by atoms with Gasteiger partial charge in [-0.1, -0.05) is 62.3 Å². The Morgan fingerprint density at radius 3 is 1.37 bits per heavy atom. The number of amides is 5. The molecule has 46 heavy (non-hydrogen) atoms. The third-order valence-corrected chi connectivity index (χ3v) is 7.42. The Hall–Kier alpha value is -3.26. The highest BCUT2D eigenvalue weighted by Gasteiger charge is 2.33. The number of hydrogen-bond donors (Lipinski definition) is 8.